The molecule has 2 nitrogen and oxygen atoms in total. The van der Waals surface area contributed by atoms with Crippen LogP contribution in [0.25, 0.3) is 0 Å². The molecule has 5 atom stereocenters. The van der Waals surface area contributed by atoms with Crippen LogP contribution in [-0.2, 0) is 0 Å². The van der Waals surface area contributed by atoms with Gasteiger partial charge in [-0.15, -0.1) is 0 Å². The van der Waals surface area contributed by atoms with Crippen molar-refractivity contribution in [3.8, 4) is 0 Å². The summed E-state index contributed by atoms with van der Waals surface area (Å²) in [5.74, 6) is 3.71. The van der Waals surface area contributed by atoms with Crippen LogP contribution in [0.15, 0.2) is 0 Å². The van der Waals surface area contributed by atoms with Gasteiger partial charge < -0.3 is 5.73 Å². The number of rotatable bonds is 3. The molecule has 108 valence electrons. The molecule has 2 bridgehead atoms. The molecule has 4 rings (SSSR count). The lowest BCUT2D eigenvalue weighted by atomic mass is 9.84. The molecule has 3 saturated carbocycles. The third-order valence-corrected chi connectivity index (χ3v) is 6.96. The molecule has 0 aromatic carbocycles. The van der Waals surface area contributed by atoms with Crippen molar-refractivity contribution in [1.82, 2.24) is 4.90 Å². The normalized spacial score (nSPS) is 47.5. The van der Waals surface area contributed by atoms with Gasteiger partial charge in [0.2, 0.25) is 0 Å². The van der Waals surface area contributed by atoms with E-state index in [0.717, 1.165) is 29.7 Å². The summed E-state index contributed by atoms with van der Waals surface area (Å²) in [7, 11) is 0. The largest absolute Gasteiger partial charge is 0.327 e. The number of fused-ring (bicyclic) bond motifs is 2. The maximum Gasteiger partial charge on any atom is 0.0124 e. The van der Waals surface area contributed by atoms with E-state index in [1.54, 1.807) is 0 Å². The molecule has 4 aliphatic rings. The first-order chi connectivity index (χ1) is 9.33. The van der Waals surface area contributed by atoms with Crippen LogP contribution in [0.5, 0.6) is 0 Å². The van der Waals surface area contributed by atoms with Crippen molar-refractivity contribution >= 4 is 0 Å². The quantitative estimate of drug-likeness (QED) is 0.847. The zero-order valence-corrected chi connectivity index (χ0v) is 12.3. The average molecular weight is 262 g/mol. The van der Waals surface area contributed by atoms with Gasteiger partial charge in [0.25, 0.3) is 0 Å². The number of nitrogens with zero attached hydrogens (tertiary/aromatic N) is 1. The Morgan fingerprint density at radius 2 is 1.63 bits per heavy atom. The van der Waals surface area contributed by atoms with Gasteiger partial charge in [-0.05, 0) is 75.2 Å². The third kappa shape index (κ3) is 2.15. The van der Waals surface area contributed by atoms with E-state index in [1.807, 2.05) is 0 Å². The summed E-state index contributed by atoms with van der Waals surface area (Å²) in [6.45, 7) is 2.70. The van der Waals surface area contributed by atoms with Crippen molar-refractivity contribution in [3.63, 3.8) is 0 Å². The van der Waals surface area contributed by atoms with Crippen LogP contribution < -0.4 is 5.73 Å². The van der Waals surface area contributed by atoms with Gasteiger partial charge in [0.15, 0.2) is 0 Å². The van der Waals surface area contributed by atoms with Gasteiger partial charge in [-0.25, -0.2) is 0 Å². The first-order valence-corrected chi connectivity index (χ1v) is 8.82. The molecule has 0 amide bonds. The molecule has 19 heavy (non-hydrogen) atoms. The number of hydrogen-bond acceptors (Lipinski definition) is 2. The molecule has 1 heterocycles. The van der Waals surface area contributed by atoms with E-state index in [-0.39, 0.29) is 0 Å². The van der Waals surface area contributed by atoms with Crippen LogP contribution in [0, 0.1) is 23.7 Å². The summed E-state index contributed by atoms with van der Waals surface area (Å²) >= 11 is 0. The summed E-state index contributed by atoms with van der Waals surface area (Å²) in [5, 5.41) is 0. The van der Waals surface area contributed by atoms with Crippen molar-refractivity contribution in [3.05, 3.63) is 0 Å². The lowest BCUT2D eigenvalue weighted by molar-refractivity contribution is 0.132. The minimum absolute atomic E-state index is 0.531. The van der Waals surface area contributed by atoms with Gasteiger partial charge >= 0.3 is 0 Å². The van der Waals surface area contributed by atoms with Crippen molar-refractivity contribution in [2.75, 3.05) is 13.1 Å². The molecule has 5 unspecified atom stereocenters. The van der Waals surface area contributed by atoms with Crippen molar-refractivity contribution in [2.45, 2.75) is 69.9 Å². The molecular weight excluding hydrogens is 232 g/mol. The SMILES string of the molecule is NC1C2CCC(C2)C1CN1CCCC1C1CCCC1. The fraction of sp³-hybridized carbons (Fsp3) is 1.00. The van der Waals surface area contributed by atoms with Crippen LogP contribution in [-0.4, -0.2) is 30.1 Å². The highest BCUT2D eigenvalue weighted by molar-refractivity contribution is 5.01. The first kappa shape index (κ1) is 12.6. The molecule has 2 heteroatoms. The van der Waals surface area contributed by atoms with Crippen LogP contribution in [0.2, 0.25) is 0 Å². The molecule has 0 spiro atoms. The maximum absolute atomic E-state index is 6.51. The monoisotopic (exact) mass is 262 g/mol. The summed E-state index contributed by atoms with van der Waals surface area (Å²) in [6.07, 6.45) is 13.3. The second-order valence-corrected chi connectivity index (χ2v) is 7.82. The van der Waals surface area contributed by atoms with Gasteiger partial charge in [-0.1, -0.05) is 12.8 Å². The molecule has 2 N–H and O–H groups in total. The van der Waals surface area contributed by atoms with Crippen molar-refractivity contribution in [1.29, 1.82) is 0 Å². The van der Waals surface area contributed by atoms with Gasteiger partial charge in [-0.3, -0.25) is 4.90 Å². The van der Waals surface area contributed by atoms with Gasteiger partial charge in [-0.2, -0.15) is 0 Å². The van der Waals surface area contributed by atoms with E-state index in [9.17, 15) is 0 Å². The van der Waals surface area contributed by atoms with E-state index in [0.29, 0.717) is 6.04 Å². The first-order valence-electron chi connectivity index (χ1n) is 8.82. The maximum atomic E-state index is 6.51. The number of hydrogen-bond donors (Lipinski definition) is 1. The highest BCUT2D eigenvalue weighted by Crippen LogP contribution is 2.48. The average Bonchev–Trinajstić information content (AvgIpc) is 3.14. The zero-order chi connectivity index (χ0) is 12.8. The standard InChI is InChI=1S/C17H30N2/c18-17-14-8-7-13(10-14)15(17)11-19-9-3-6-16(19)12-4-1-2-5-12/h12-17H,1-11,18H2. The van der Waals surface area contributed by atoms with Crippen LogP contribution >= 0.6 is 0 Å². The Kier molecular flexibility index (Phi) is 3.35. The highest BCUT2D eigenvalue weighted by atomic mass is 15.2. The fourth-order valence-corrected chi connectivity index (χ4v) is 5.95. The summed E-state index contributed by atoms with van der Waals surface area (Å²) in [6, 6.07) is 1.46. The minimum Gasteiger partial charge on any atom is -0.327 e. The summed E-state index contributed by atoms with van der Waals surface area (Å²) in [4.78, 5) is 2.86. The molecule has 4 fully saturated rings. The van der Waals surface area contributed by atoms with E-state index < -0.39 is 0 Å². The van der Waals surface area contributed by atoms with E-state index in [2.05, 4.69) is 4.90 Å². The molecule has 0 aromatic heterocycles. The Morgan fingerprint density at radius 3 is 2.37 bits per heavy atom. The Morgan fingerprint density at radius 1 is 0.842 bits per heavy atom. The second-order valence-electron chi connectivity index (χ2n) is 7.82. The zero-order valence-electron chi connectivity index (χ0n) is 12.3. The minimum atomic E-state index is 0.531. The van der Waals surface area contributed by atoms with Crippen LogP contribution in [0.3, 0.4) is 0 Å². The smallest absolute Gasteiger partial charge is 0.0124 e. The lowest BCUT2D eigenvalue weighted by Crippen LogP contribution is -2.45. The fourth-order valence-electron chi connectivity index (χ4n) is 5.95. The summed E-state index contributed by atoms with van der Waals surface area (Å²) in [5.41, 5.74) is 6.51. The van der Waals surface area contributed by atoms with Crippen molar-refractivity contribution in [2.24, 2.45) is 29.4 Å². The predicted molar refractivity (Wildman–Crippen MR) is 78.8 cm³/mol. The Bertz CT molecular complexity index is 321. The van der Waals surface area contributed by atoms with E-state index in [4.69, 9.17) is 5.73 Å². The topological polar surface area (TPSA) is 29.3 Å². The Labute approximate surface area is 118 Å². The highest BCUT2D eigenvalue weighted by Gasteiger charge is 2.47. The predicted octanol–water partition coefficient (Wildman–Crippen LogP) is 3.01. The van der Waals surface area contributed by atoms with Gasteiger partial charge in [0.05, 0.1) is 0 Å². The Hall–Kier alpha value is -0.0800. The molecule has 0 aromatic rings. The number of nitrogens with two attached hydrogens (primary N) is 1. The second kappa shape index (κ2) is 5.04. The third-order valence-electron chi connectivity index (χ3n) is 6.96. The molecule has 1 aliphatic heterocycles. The van der Waals surface area contributed by atoms with Crippen LogP contribution in [0.1, 0.15) is 57.8 Å². The summed E-state index contributed by atoms with van der Waals surface area (Å²) < 4.78 is 0. The van der Waals surface area contributed by atoms with Gasteiger partial charge in [0.1, 0.15) is 0 Å². The molecule has 3 aliphatic carbocycles. The number of likely N-dealkylation sites (tertiary alicyclic amines) is 1. The Balaban J connectivity index is 1.41. The van der Waals surface area contributed by atoms with Crippen molar-refractivity contribution < 1.29 is 0 Å². The van der Waals surface area contributed by atoms with E-state index in [1.165, 1.54) is 70.9 Å². The molecule has 1 saturated heterocycles. The molecule has 0 radical (unpaired) electrons. The van der Waals surface area contributed by atoms with Gasteiger partial charge in [0, 0.05) is 18.6 Å². The molecular formula is C17H30N2. The van der Waals surface area contributed by atoms with Crippen LogP contribution in [0.4, 0.5) is 0 Å². The lowest BCUT2D eigenvalue weighted by Gasteiger charge is -2.36. The van der Waals surface area contributed by atoms with E-state index >= 15 is 0 Å².